The molecule has 4 aromatic heterocycles. The fourth-order valence-electron chi connectivity index (χ4n) is 17.6. The number of nitriles is 2. The standard InChI is InChI=1S/C104H66N6/c105-65-91-101(107-93-49-41-75(67-25-9-1-10-26-67)57-83(93)84-58-76(42-50-94(84)107)68-27-11-2-12-28-68)102(108-95-51-43-77(69-29-13-3-14-30-69)59-85(95)86-60-78(44-52-96(86)108)70-31-15-4-16-32-70)92(66-106)104(110-99-55-47-81(73-37-21-7-22-38-73)63-89(99)90-64-82(48-56-100(90)110)74-39-23-8-24-40-74)103(91)109-97-53-45-79(71-33-17-5-18-34-71)61-87(97)88-62-80(46-54-98(88)109)72-35-19-6-20-36-72/h1-47,49-64,82H,48H2. The van der Waals surface area contributed by atoms with Crippen molar-refractivity contribution in [3.05, 3.63) is 397 Å². The Kier molecular flexibility index (Phi) is 15.1. The lowest BCUT2D eigenvalue weighted by Gasteiger charge is -2.27. The van der Waals surface area contributed by atoms with Crippen molar-refractivity contribution in [1.29, 1.82) is 10.5 Å². The molecule has 1 aliphatic rings. The second-order valence-corrected chi connectivity index (χ2v) is 28.8. The summed E-state index contributed by atoms with van der Waals surface area (Å²) in [4.78, 5) is 0. The van der Waals surface area contributed by atoms with E-state index in [0.717, 1.165) is 165 Å². The fourth-order valence-corrected chi connectivity index (χ4v) is 17.6. The maximum atomic E-state index is 13.7. The molecule has 1 atom stereocenters. The van der Waals surface area contributed by atoms with Crippen molar-refractivity contribution in [3.8, 4) is 113 Å². The molecule has 6 heteroatoms. The molecule has 0 radical (unpaired) electrons. The minimum Gasteiger partial charge on any atom is -0.306 e. The van der Waals surface area contributed by atoms with E-state index in [4.69, 9.17) is 0 Å². The summed E-state index contributed by atoms with van der Waals surface area (Å²) in [6, 6.07) is 139. The van der Waals surface area contributed by atoms with E-state index in [1.165, 1.54) is 5.56 Å². The summed E-state index contributed by atoms with van der Waals surface area (Å²) in [5, 5.41) is 36.4. The zero-order valence-electron chi connectivity index (χ0n) is 59.8. The molecule has 0 amide bonds. The van der Waals surface area contributed by atoms with Crippen molar-refractivity contribution < 1.29 is 0 Å². The summed E-state index contributed by atoms with van der Waals surface area (Å²) in [5.41, 5.74) is 25.4. The van der Waals surface area contributed by atoms with Crippen LogP contribution < -0.4 is 10.6 Å². The van der Waals surface area contributed by atoms with Gasteiger partial charge in [-0.05, 0) is 175 Å². The maximum Gasteiger partial charge on any atom is 0.104 e. The number of aromatic nitrogens is 4. The van der Waals surface area contributed by atoms with E-state index in [2.05, 4.69) is 413 Å². The minimum absolute atomic E-state index is 0.0416. The zero-order valence-corrected chi connectivity index (χ0v) is 59.8. The molecule has 20 aromatic rings. The first-order valence-corrected chi connectivity index (χ1v) is 37.6. The Bertz CT molecular complexity index is 7040. The average molecular weight is 1400 g/mol. The summed E-state index contributed by atoms with van der Waals surface area (Å²) in [7, 11) is 0. The van der Waals surface area contributed by atoms with Crippen molar-refractivity contribution in [3.63, 3.8) is 0 Å². The molecule has 21 rings (SSSR count). The Balaban J connectivity index is 1.00. The van der Waals surface area contributed by atoms with Crippen LogP contribution in [0, 0.1) is 22.7 Å². The number of rotatable bonds is 12. The van der Waals surface area contributed by atoms with Gasteiger partial charge in [-0.25, -0.2) is 0 Å². The van der Waals surface area contributed by atoms with Gasteiger partial charge >= 0.3 is 0 Å². The highest BCUT2D eigenvalue weighted by atomic mass is 15.1. The topological polar surface area (TPSA) is 67.3 Å². The van der Waals surface area contributed by atoms with Gasteiger partial charge in [0.1, 0.15) is 23.3 Å². The minimum atomic E-state index is 0.0416. The second kappa shape index (κ2) is 26.0. The highest BCUT2D eigenvalue weighted by Crippen LogP contribution is 2.50. The Morgan fingerprint density at radius 3 is 0.691 bits per heavy atom. The molecule has 0 aliphatic heterocycles. The number of hydrogen-bond acceptors (Lipinski definition) is 2. The van der Waals surface area contributed by atoms with Gasteiger partial charge in [-0.3, -0.25) is 0 Å². The van der Waals surface area contributed by atoms with E-state index in [1.54, 1.807) is 0 Å². The van der Waals surface area contributed by atoms with Gasteiger partial charge < -0.3 is 18.3 Å². The van der Waals surface area contributed by atoms with E-state index < -0.39 is 0 Å². The summed E-state index contributed by atoms with van der Waals surface area (Å²) in [6.45, 7) is 0. The van der Waals surface area contributed by atoms with Crippen molar-refractivity contribution in [1.82, 2.24) is 18.3 Å². The van der Waals surface area contributed by atoms with Gasteiger partial charge in [0.25, 0.3) is 0 Å². The van der Waals surface area contributed by atoms with E-state index in [0.29, 0.717) is 40.3 Å². The molecule has 0 N–H and O–H groups in total. The molecule has 0 bridgehead atoms. The van der Waals surface area contributed by atoms with Gasteiger partial charge in [-0.15, -0.1) is 0 Å². The fraction of sp³-hybridized carbons (Fsp3) is 0.0192. The highest BCUT2D eigenvalue weighted by Gasteiger charge is 2.36. The number of nitrogens with zero attached hydrogens (tertiary/aromatic N) is 6. The molecule has 6 nitrogen and oxygen atoms in total. The molecular formula is C104H66N6. The summed E-state index contributed by atoms with van der Waals surface area (Å²) in [6.07, 6.45) is 5.53. The van der Waals surface area contributed by atoms with Gasteiger partial charge in [0.05, 0.1) is 61.4 Å². The summed E-state index contributed by atoms with van der Waals surface area (Å²) < 4.78 is 9.37. The third-order valence-corrected chi connectivity index (χ3v) is 22.8. The first kappa shape index (κ1) is 63.6. The Labute approximate surface area is 635 Å². The first-order chi connectivity index (χ1) is 54.5. The van der Waals surface area contributed by atoms with Crippen LogP contribution in [0.1, 0.15) is 29.0 Å². The molecule has 16 aromatic carbocycles. The quantitative estimate of drug-likeness (QED) is 0.122. The summed E-state index contributed by atoms with van der Waals surface area (Å²) >= 11 is 0. The van der Waals surface area contributed by atoms with Crippen molar-refractivity contribution in [2.75, 3.05) is 0 Å². The molecule has 1 aliphatic carbocycles. The zero-order chi connectivity index (χ0) is 72.9. The van der Waals surface area contributed by atoms with Crippen molar-refractivity contribution in [2.24, 2.45) is 0 Å². The van der Waals surface area contributed by atoms with Gasteiger partial charge in [0, 0.05) is 54.2 Å². The van der Waals surface area contributed by atoms with E-state index in [9.17, 15) is 10.5 Å². The van der Waals surface area contributed by atoms with Crippen LogP contribution in [0.15, 0.2) is 370 Å². The van der Waals surface area contributed by atoms with Crippen LogP contribution in [-0.4, -0.2) is 18.3 Å². The lowest BCUT2D eigenvalue weighted by molar-refractivity contribution is 0.903. The molecule has 0 fully saturated rings. The van der Waals surface area contributed by atoms with Gasteiger partial charge in [0.15, 0.2) is 0 Å². The maximum absolute atomic E-state index is 13.7. The molecular weight excluding hydrogens is 1330 g/mol. The third-order valence-electron chi connectivity index (χ3n) is 22.8. The van der Waals surface area contributed by atoms with E-state index in [-0.39, 0.29) is 5.92 Å². The van der Waals surface area contributed by atoms with Crippen LogP contribution in [0.5, 0.6) is 0 Å². The van der Waals surface area contributed by atoms with Crippen LogP contribution in [0.2, 0.25) is 0 Å². The second-order valence-electron chi connectivity index (χ2n) is 28.8. The molecule has 0 saturated heterocycles. The number of hydrogen-bond donors (Lipinski definition) is 0. The molecule has 0 spiro atoms. The lowest BCUT2D eigenvalue weighted by atomic mass is 9.91. The molecule has 4 heterocycles. The first-order valence-electron chi connectivity index (χ1n) is 37.6. The van der Waals surface area contributed by atoms with Gasteiger partial charge in [-0.2, -0.15) is 10.5 Å². The average Bonchev–Trinajstić information content (AvgIpc) is 1.48. The van der Waals surface area contributed by atoms with E-state index in [1.807, 2.05) is 0 Å². The molecule has 512 valence electrons. The predicted molar refractivity (Wildman–Crippen MR) is 456 cm³/mol. The van der Waals surface area contributed by atoms with Crippen LogP contribution >= 0.6 is 0 Å². The largest absolute Gasteiger partial charge is 0.306 e. The van der Waals surface area contributed by atoms with Gasteiger partial charge in [-0.1, -0.05) is 297 Å². The van der Waals surface area contributed by atoms with Crippen molar-refractivity contribution >= 4 is 88.5 Å². The Hall–Kier alpha value is -14.8. The smallest absolute Gasteiger partial charge is 0.104 e. The van der Waals surface area contributed by atoms with Crippen LogP contribution in [0.25, 0.3) is 189 Å². The van der Waals surface area contributed by atoms with E-state index >= 15 is 0 Å². The van der Waals surface area contributed by atoms with Gasteiger partial charge in [0.2, 0.25) is 0 Å². The van der Waals surface area contributed by atoms with Crippen LogP contribution in [0.4, 0.5) is 0 Å². The predicted octanol–water partition coefficient (Wildman–Crippen LogP) is 25.1. The lowest BCUT2D eigenvalue weighted by Crippen LogP contribution is -2.33. The normalized spacial score (nSPS) is 12.7. The summed E-state index contributed by atoms with van der Waals surface area (Å²) in [5.74, 6) is 0.0416. The molecule has 0 saturated carbocycles. The Morgan fingerprint density at radius 1 is 0.227 bits per heavy atom. The number of fused-ring (bicyclic) bond motifs is 12. The Morgan fingerprint density at radius 2 is 0.445 bits per heavy atom. The number of benzene rings is 16. The van der Waals surface area contributed by atoms with Crippen LogP contribution in [-0.2, 0) is 0 Å². The van der Waals surface area contributed by atoms with Crippen molar-refractivity contribution in [2.45, 2.75) is 12.3 Å². The third kappa shape index (κ3) is 10.3. The molecule has 110 heavy (non-hydrogen) atoms. The monoisotopic (exact) mass is 1400 g/mol. The van der Waals surface area contributed by atoms with Crippen LogP contribution in [0.3, 0.4) is 0 Å². The SMILES string of the molecule is N#Cc1c(-n2c3c(c4cc(-c5ccccc5)ccc42)=CC(c2ccccc2)CC=3)c(-n2c3ccc(-c4ccccc4)cc3c3cc(-c4ccccc4)ccc32)c(C#N)c(-n2c3ccc(-c4ccccc4)cc3c3cc(-c4ccccc4)ccc32)c1-n1c2ccc(-c3ccccc3)cc2c2cc(-c3ccccc3)ccc21. The highest BCUT2D eigenvalue weighted by molar-refractivity contribution is 6.17. The molecule has 1 unspecified atom stereocenters.